The van der Waals surface area contributed by atoms with Crippen molar-refractivity contribution in [1.29, 1.82) is 0 Å². The second kappa shape index (κ2) is 14.8. The van der Waals surface area contributed by atoms with Gasteiger partial charge in [0.25, 0.3) is 0 Å². The zero-order chi connectivity index (χ0) is 28.9. The summed E-state index contributed by atoms with van der Waals surface area (Å²) in [5, 5.41) is 25.5. The number of hydrogen-bond donors (Lipinski definition) is 9. The van der Waals surface area contributed by atoms with Gasteiger partial charge < -0.3 is 47.6 Å². The second-order valence-corrected chi connectivity index (χ2v) is 8.63. The summed E-state index contributed by atoms with van der Waals surface area (Å²) >= 11 is 0. The Hall–Kier alpha value is -4.80. The van der Waals surface area contributed by atoms with Gasteiger partial charge in [-0.1, -0.05) is 0 Å². The quantitative estimate of drug-likeness (QED) is 0.0952. The van der Waals surface area contributed by atoms with Crippen LogP contribution in [-0.4, -0.2) is 89.9 Å². The van der Waals surface area contributed by atoms with E-state index in [0.717, 1.165) is 0 Å². The smallest absolute Gasteiger partial charge is 0.326 e. The first-order valence-corrected chi connectivity index (χ1v) is 11.8. The third-order valence-corrected chi connectivity index (χ3v) is 5.52. The van der Waals surface area contributed by atoms with Crippen LogP contribution in [-0.2, 0) is 41.6 Å². The molecule has 0 radical (unpaired) electrons. The molecule has 0 aliphatic rings. The highest BCUT2D eigenvalue weighted by Gasteiger charge is 2.31. The lowest BCUT2D eigenvalue weighted by Gasteiger charge is -2.25. The van der Waals surface area contributed by atoms with Gasteiger partial charge >= 0.3 is 11.9 Å². The van der Waals surface area contributed by atoms with Gasteiger partial charge in [0.15, 0.2) is 0 Å². The number of rotatable bonds is 17. The van der Waals surface area contributed by atoms with Crippen LogP contribution < -0.4 is 27.4 Å². The minimum atomic E-state index is -1.53. The summed E-state index contributed by atoms with van der Waals surface area (Å²) in [5.74, 6) is -5.81. The number of carbonyl (C=O) groups excluding carboxylic acids is 4. The molecule has 0 fully saturated rings. The third kappa shape index (κ3) is 10.6. The van der Waals surface area contributed by atoms with Gasteiger partial charge in [-0.15, -0.1) is 0 Å². The fraction of sp³-hybridized carbons (Fsp3) is 0.455. The standard InChI is InChI=1S/C22H31N9O8/c23-13(1-3-17(24)32)19(35)30-15(5-11-7-25-9-27-11)21(37)31-16(6-12-8-26-10-28-12)20(36)29-14(22(38)39)2-4-18(33)34/h7-10,13-16H,1-6,23H2,(H2,24,32)(H,25,27)(H,26,28)(H,29,36)(H,30,35)(H,31,37)(H,33,34)(H,38,39). The number of aliphatic carboxylic acids is 2. The highest BCUT2D eigenvalue weighted by Crippen LogP contribution is 2.06. The highest BCUT2D eigenvalue weighted by atomic mass is 16.4. The molecule has 212 valence electrons. The van der Waals surface area contributed by atoms with Crippen molar-refractivity contribution in [3.05, 3.63) is 36.4 Å². The molecule has 0 aliphatic carbocycles. The van der Waals surface area contributed by atoms with Crippen molar-refractivity contribution in [1.82, 2.24) is 35.9 Å². The predicted octanol–water partition coefficient (Wildman–Crippen LogP) is -3.09. The lowest BCUT2D eigenvalue weighted by molar-refractivity contribution is -0.143. The number of amides is 4. The normalized spacial score (nSPS) is 13.9. The van der Waals surface area contributed by atoms with Crippen LogP contribution in [0.1, 0.15) is 37.1 Å². The maximum absolute atomic E-state index is 13.3. The molecule has 0 saturated heterocycles. The Morgan fingerprint density at radius 1 is 0.769 bits per heavy atom. The van der Waals surface area contributed by atoms with Crippen LogP contribution in [0.3, 0.4) is 0 Å². The molecule has 2 rings (SSSR count). The van der Waals surface area contributed by atoms with E-state index in [1.807, 2.05) is 0 Å². The van der Waals surface area contributed by atoms with Crippen LogP contribution >= 0.6 is 0 Å². The molecule has 17 heteroatoms. The highest BCUT2D eigenvalue weighted by molar-refractivity contribution is 5.94. The number of aromatic nitrogens is 4. The van der Waals surface area contributed by atoms with Crippen molar-refractivity contribution in [3.8, 4) is 0 Å². The van der Waals surface area contributed by atoms with E-state index >= 15 is 0 Å². The van der Waals surface area contributed by atoms with Crippen molar-refractivity contribution in [2.45, 2.75) is 62.7 Å². The molecule has 0 bridgehead atoms. The molecule has 0 spiro atoms. The van der Waals surface area contributed by atoms with E-state index in [1.54, 1.807) is 0 Å². The molecule has 0 aromatic carbocycles. The van der Waals surface area contributed by atoms with E-state index in [0.29, 0.717) is 11.4 Å². The Kier molecular flexibility index (Phi) is 11.6. The van der Waals surface area contributed by atoms with Gasteiger partial charge in [-0.25, -0.2) is 14.8 Å². The van der Waals surface area contributed by atoms with Crippen LogP contribution in [0.25, 0.3) is 0 Å². The van der Waals surface area contributed by atoms with E-state index in [2.05, 4.69) is 35.9 Å². The van der Waals surface area contributed by atoms with Crippen molar-refractivity contribution in [2.24, 2.45) is 11.5 Å². The van der Waals surface area contributed by atoms with Crippen molar-refractivity contribution >= 4 is 35.6 Å². The minimum Gasteiger partial charge on any atom is -0.481 e. The fourth-order valence-corrected chi connectivity index (χ4v) is 3.43. The first kappa shape index (κ1) is 30.4. The molecule has 2 aromatic rings. The lowest BCUT2D eigenvalue weighted by Crippen LogP contribution is -2.58. The summed E-state index contributed by atoms with van der Waals surface area (Å²) in [5.41, 5.74) is 11.8. The molecule has 0 saturated carbocycles. The Morgan fingerprint density at radius 3 is 1.67 bits per heavy atom. The summed E-state index contributed by atoms with van der Waals surface area (Å²) in [6.45, 7) is 0. The Bertz CT molecular complexity index is 1140. The van der Waals surface area contributed by atoms with Gasteiger partial charge in [0.1, 0.15) is 18.1 Å². The summed E-state index contributed by atoms with van der Waals surface area (Å²) in [6, 6.07) is -5.27. The monoisotopic (exact) mass is 549 g/mol. The molecular weight excluding hydrogens is 518 g/mol. The summed E-state index contributed by atoms with van der Waals surface area (Å²) in [4.78, 5) is 85.7. The maximum atomic E-state index is 13.3. The SMILES string of the molecule is NC(=O)CCC(N)C(=O)NC(Cc1cnc[nH]1)C(=O)NC(Cc1cnc[nH]1)C(=O)NC(CCC(=O)O)C(=O)O. The molecule has 4 unspecified atom stereocenters. The van der Waals surface area contributed by atoms with Gasteiger partial charge in [0, 0.05) is 49.5 Å². The largest absolute Gasteiger partial charge is 0.481 e. The number of aromatic amines is 2. The number of carboxylic acid groups (broad SMARTS) is 2. The predicted molar refractivity (Wildman–Crippen MR) is 131 cm³/mol. The summed E-state index contributed by atoms with van der Waals surface area (Å²) < 4.78 is 0. The average molecular weight is 550 g/mol. The Balaban J connectivity index is 2.22. The van der Waals surface area contributed by atoms with Crippen molar-refractivity contribution in [2.75, 3.05) is 0 Å². The number of H-pyrrole nitrogens is 2. The van der Waals surface area contributed by atoms with E-state index in [1.165, 1.54) is 25.0 Å². The number of nitrogens with one attached hydrogen (secondary N) is 5. The van der Waals surface area contributed by atoms with Gasteiger partial charge in [-0.2, -0.15) is 0 Å². The van der Waals surface area contributed by atoms with E-state index in [-0.39, 0.29) is 32.1 Å². The van der Waals surface area contributed by atoms with E-state index in [9.17, 15) is 33.9 Å². The first-order valence-electron chi connectivity index (χ1n) is 11.8. The first-order chi connectivity index (χ1) is 18.5. The number of nitrogens with zero attached hydrogens (tertiary/aromatic N) is 2. The fourth-order valence-electron chi connectivity index (χ4n) is 3.43. The van der Waals surface area contributed by atoms with Gasteiger partial charge in [-0.3, -0.25) is 24.0 Å². The number of imidazole rings is 2. The summed E-state index contributed by atoms with van der Waals surface area (Å²) in [7, 11) is 0. The molecule has 4 atom stereocenters. The van der Waals surface area contributed by atoms with Gasteiger partial charge in [-0.05, 0) is 12.8 Å². The number of primary amides is 1. The number of nitrogens with two attached hydrogens (primary N) is 2. The van der Waals surface area contributed by atoms with E-state index < -0.39 is 66.2 Å². The zero-order valence-corrected chi connectivity index (χ0v) is 20.8. The number of hydrogen-bond acceptors (Lipinski definition) is 9. The van der Waals surface area contributed by atoms with Crippen LogP contribution in [0.5, 0.6) is 0 Å². The van der Waals surface area contributed by atoms with E-state index in [4.69, 9.17) is 16.6 Å². The average Bonchev–Trinajstić information content (AvgIpc) is 3.58. The molecule has 0 aliphatic heterocycles. The molecular formula is C22H31N9O8. The molecule has 4 amide bonds. The molecule has 2 aromatic heterocycles. The topological polar surface area (TPSA) is 288 Å². The number of carbonyl (C=O) groups is 6. The second-order valence-electron chi connectivity index (χ2n) is 8.63. The zero-order valence-electron chi connectivity index (χ0n) is 20.8. The van der Waals surface area contributed by atoms with Gasteiger partial charge in [0.2, 0.25) is 23.6 Å². The molecule has 11 N–H and O–H groups in total. The van der Waals surface area contributed by atoms with Crippen LogP contribution in [0.2, 0.25) is 0 Å². The number of carboxylic acids is 2. The summed E-state index contributed by atoms with van der Waals surface area (Å²) in [6.07, 6.45) is 4.21. The lowest BCUT2D eigenvalue weighted by atomic mass is 10.1. The van der Waals surface area contributed by atoms with Crippen LogP contribution in [0.4, 0.5) is 0 Å². The molecule has 39 heavy (non-hydrogen) atoms. The van der Waals surface area contributed by atoms with Gasteiger partial charge in [0.05, 0.1) is 18.7 Å². The van der Waals surface area contributed by atoms with Crippen molar-refractivity contribution < 1.29 is 39.0 Å². The van der Waals surface area contributed by atoms with Crippen LogP contribution in [0.15, 0.2) is 25.0 Å². The Morgan fingerprint density at radius 2 is 1.26 bits per heavy atom. The Labute approximate surface area is 221 Å². The third-order valence-electron chi connectivity index (χ3n) is 5.52. The minimum absolute atomic E-state index is 0.0582. The van der Waals surface area contributed by atoms with Crippen molar-refractivity contribution in [3.63, 3.8) is 0 Å². The maximum Gasteiger partial charge on any atom is 0.326 e. The van der Waals surface area contributed by atoms with Crippen LogP contribution in [0, 0.1) is 0 Å². The molecule has 17 nitrogen and oxygen atoms in total. The molecule has 2 heterocycles.